The zero-order chi connectivity index (χ0) is 20.6. The van der Waals surface area contributed by atoms with E-state index in [2.05, 4.69) is 23.0 Å². The number of carbonyl (C=O) groups excluding carboxylic acids is 1. The summed E-state index contributed by atoms with van der Waals surface area (Å²) in [6, 6.07) is 4.11. The fourth-order valence-electron chi connectivity index (χ4n) is 3.11. The summed E-state index contributed by atoms with van der Waals surface area (Å²) in [6.07, 6.45) is 1.75. The third-order valence-corrected chi connectivity index (χ3v) is 6.07. The van der Waals surface area contributed by atoms with E-state index in [-0.39, 0.29) is 23.6 Å². The Hall–Kier alpha value is -2.73. The van der Waals surface area contributed by atoms with Gasteiger partial charge in [0.05, 0.1) is 12.0 Å². The van der Waals surface area contributed by atoms with E-state index in [0.717, 1.165) is 27.1 Å². The van der Waals surface area contributed by atoms with Gasteiger partial charge in [-0.15, -0.1) is 11.3 Å². The van der Waals surface area contributed by atoms with Gasteiger partial charge < -0.3 is 9.72 Å². The molecule has 0 radical (unpaired) electrons. The summed E-state index contributed by atoms with van der Waals surface area (Å²) < 4.78 is 5.24. The number of rotatable bonds is 4. The average molecular weight is 397 g/mol. The number of nitrogens with zero attached hydrogens (tertiary/aromatic N) is 1. The lowest BCUT2D eigenvalue weighted by molar-refractivity contribution is -0.136. The Balaban J connectivity index is 2.24. The molecule has 0 saturated carbocycles. The lowest BCUT2D eigenvalue weighted by Crippen LogP contribution is -2.15. The van der Waals surface area contributed by atoms with E-state index in [1.807, 2.05) is 33.8 Å². The summed E-state index contributed by atoms with van der Waals surface area (Å²) in [5.41, 5.74) is 5.17. The van der Waals surface area contributed by atoms with Crippen molar-refractivity contribution in [3.8, 4) is 0 Å². The van der Waals surface area contributed by atoms with E-state index in [0.29, 0.717) is 10.2 Å². The molecule has 3 aromatic rings. The molecule has 0 bridgehead atoms. The van der Waals surface area contributed by atoms with Gasteiger partial charge in [-0.2, -0.15) is 0 Å². The Morgan fingerprint density at radius 1 is 1.14 bits per heavy atom. The molecular weight excluding hydrogens is 372 g/mol. The molecule has 0 aliphatic carbocycles. The number of fused-ring (bicyclic) bond motifs is 1. The summed E-state index contributed by atoms with van der Waals surface area (Å²) >= 11 is 1.45. The van der Waals surface area contributed by atoms with Crippen LogP contribution in [-0.4, -0.2) is 22.5 Å². The van der Waals surface area contributed by atoms with Crippen LogP contribution in [0, 0.1) is 34.6 Å². The highest BCUT2D eigenvalue weighted by Gasteiger charge is 2.20. The van der Waals surface area contributed by atoms with Crippen LogP contribution in [-0.2, 0) is 9.53 Å². The number of nitrogens with one attached hydrogen (secondary N) is 1. The molecule has 5 nitrogen and oxygen atoms in total. The van der Waals surface area contributed by atoms with E-state index in [1.54, 1.807) is 13.0 Å². The molecule has 2 heterocycles. The Kier molecular flexibility index (Phi) is 5.52. The van der Waals surface area contributed by atoms with Crippen LogP contribution in [0.25, 0.3) is 21.9 Å². The second kappa shape index (κ2) is 7.72. The zero-order valence-corrected chi connectivity index (χ0v) is 17.8. The molecule has 0 atom stereocenters. The number of H-pyrrole nitrogens is 1. The number of carbonyl (C=O) groups is 1. The lowest BCUT2D eigenvalue weighted by atomic mass is 9.99. The molecular formula is C22H24N2O3S. The Bertz CT molecular complexity index is 1170. The molecule has 28 heavy (non-hydrogen) atoms. The van der Waals surface area contributed by atoms with Crippen molar-refractivity contribution >= 4 is 39.2 Å². The predicted octanol–water partition coefficient (Wildman–Crippen LogP) is 4.63. The van der Waals surface area contributed by atoms with Crippen LogP contribution >= 0.6 is 11.3 Å². The third-order valence-electron chi connectivity index (χ3n) is 4.97. The van der Waals surface area contributed by atoms with Crippen LogP contribution in [0.15, 0.2) is 16.9 Å². The summed E-state index contributed by atoms with van der Waals surface area (Å²) in [5.74, 6) is -0.276. The average Bonchev–Trinajstić information content (AvgIpc) is 2.91. The highest BCUT2D eigenvalue weighted by Crippen LogP contribution is 2.28. The monoisotopic (exact) mass is 396 g/mol. The van der Waals surface area contributed by atoms with Gasteiger partial charge in [0.15, 0.2) is 0 Å². The first-order valence-electron chi connectivity index (χ1n) is 9.20. The van der Waals surface area contributed by atoms with E-state index in [9.17, 15) is 9.59 Å². The van der Waals surface area contributed by atoms with Crippen molar-refractivity contribution in [1.82, 2.24) is 9.97 Å². The first-order valence-corrected chi connectivity index (χ1v) is 10.0. The minimum atomic E-state index is -0.507. The number of hydrogen-bond donors (Lipinski definition) is 1. The number of ether oxygens (including phenoxy) is 1. The Morgan fingerprint density at radius 2 is 1.82 bits per heavy atom. The molecule has 0 fully saturated rings. The van der Waals surface area contributed by atoms with Crippen LogP contribution in [0.2, 0.25) is 0 Å². The minimum Gasteiger partial charge on any atom is -0.462 e. The number of aromatic nitrogens is 2. The Morgan fingerprint density at radius 3 is 2.50 bits per heavy atom. The van der Waals surface area contributed by atoms with Crippen molar-refractivity contribution in [2.24, 2.45) is 0 Å². The van der Waals surface area contributed by atoms with E-state index < -0.39 is 5.97 Å². The predicted molar refractivity (Wildman–Crippen MR) is 115 cm³/mol. The van der Waals surface area contributed by atoms with E-state index in [4.69, 9.17) is 4.74 Å². The number of benzene rings is 1. The van der Waals surface area contributed by atoms with Gasteiger partial charge in [0.25, 0.3) is 5.56 Å². The zero-order valence-electron chi connectivity index (χ0n) is 17.0. The molecule has 0 spiro atoms. The van der Waals surface area contributed by atoms with Gasteiger partial charge in [0.1, 0.15) is 16.2 Å². The van der Waals surface area contributed by atoms with Crippen LogP contribution in [0.3, 0.4) is 0 Å². The molecule has 0 amide bonds. The second-order valence-corrected chi connectivity index (χ2v) is 8.15. The van der Waals surface area contributed by atoms with Crippen molar-refractivity contribution in [2.45, 2.75) is 41.5 Å². The fourth-order valence-corrected chi connectivity index (χ4v) is 4.14. The quantitative estimate of drug-likeness (QED) is 0.515. The number of aryl methyl sites for hydroxylation is 5. The smallest absolute Gasteiger partial charge is 0.341 e. The van der Waals surface area contributed by atoms with Crippen LogP contribution in [0.4, 0.5) is 0 Å². The van der Waals surface area contributed by atoms with Crippen molar-refractivity contribution in [1.29, 1.82) is 0 Å². The molecule has 0 aliphatic heterocycles. The SMILES string of the molecule is CCOC(=O)/C(=C\c1cc(C)c(C)cc1C)c1nc2sc(C)c(C)c2c(=O)[nH]1. The van der Waals surface area contributed by atoms with Gasteiger partial charge in [-0.25, -0.2) is 9.78 Å². The van der Waals surface area contributed by atoms with Gasteiger partial charge in [0, 0.05) is 4.88 Å². The standard InChI is InChI=1S/C22H24N2O3S/c1-7-27-22(26)17(10-16-9-12(3)11(2)8-13(16)4)19-23-20(25)18-14(5)15(6)28-21(18)24-19/h8-10H,7H2,1-6H3,(H,23,24,25)/b17-10-. The van der Waals surface area contributed by atoms with Crippen LogP contribution < -0.4 is 5.56 Å². The minimum absolute atomic E-state index is 0.231. The van der Waals surface area contributed by atoms with Gasteiger partial charge in [0.2, 0.25) is 0 Å². The topological polar surface area (TPSA) is 72.0 Å². The molecule has 3 rings (SSSR count). The maximum Gasteiger partial charge on any atom is 0.341 e. The number of hydrogen-bond acceptors (Lipinski definition) is 5. The molecule has 0 unspecified atom stereocenters. The van der Waals surface area contributed by atoms with Crippen molar-refractivity contribution < 1.29 is 9.53 Å². The van der Waals surface area contributed by atoms with Crippen molar-refractivity contribution in [2.75, 3.05) is 6.61 Å². The van der Waals surface area contributed by atoms with Crippen molar-refractivity contribution in [3.05, 3.63) is 61.0 Å². The third kappa shape index (κ3) is 3.64. The Labute approximate surface area is 168 Å². The van der Waals surface area contributed by atoms with Gasteiger partial charge in [-0.3, -0.25) is 4.79 Å². The largest absolute Gasteiger partial charge is 0.462 e. The van der Waals surface area contributed by atoms with Crippen LogP contribution in [0.5, 0.6) is 0 Å². The molecule has 0 saturated heterocycles. The molecule has 0 aliphatic rings. The molecule has 146 valence electrons. The maximum atomic E-state index is 12.7. The summed E-state index contributed by atoms with van der Waals surface area (Å²) in [6.45, 7) is 11.9. The first kappa shape index (κ1) is 20.0. The lowest BCUT2D eigenvalue weighted by Gasteiger charge is -2.10. The fraction of sp³-hybridized carbons (Fsp3) is 0.318. The van der Waals surface area contributed by atoms with Gasteiger partial charge in [-0.1, -0.05) is 12.1 Å². The molecule has 1 N–H and O–H groups in total. The normalized spacial score (nSPS) is 11.9. The number of aromatic amines is 1. The van der Waals surface area contributed by atoms with Crippen LogP contribution in [0.1, 0.15) is 45.4 Å². The van der Waals surface area contributed by atoms with E-state index in [1.165, 1.54) is 16.9 Å². The van der Waals surface area contributed by atoms with Gasteiger partial charge >= 0.3 is 5.97 Å². The molecule has 2 aromatic heterocycles. The molecule has 1 aromatic carbocycles. The highest BCUT2D eigenvalue weighted by molar-refractivity contribution is 7.18. The maximum absolute atomic E-state index is 12.7. The first-order chi connectivity index (χ1) is 13.2. The summed E-state index contributed by atoms with van der Waals surface area (Å²) in [7, 11) is 0. The molecule has 6 heteroatoms. The van der Waals surface area contributed by atoms with Gasteiger partial charge in [-0.05, 0) is 75.4 Å². The van der Waals surface area contributed by atoms with E-state index >= 15 is 0 Å². The summed E-state index contributed by atoms with van der Waals surface area (Å²) in [5, 5.41) is 0.580. The summed E-state index contributed by atoms with van der Waals surface area (Å²) in [4.78, 5) is 34.4. The number of thiophene rings is 1. The van der Waals surface area contributed by atoms with Crippen molar-refractivity contribution in [3.63, 3.8) is 0 Å². The highest BCUT2D eigenvalue weighted by atomic mass is 32.1. The number of esters is 1. The second-order valence-electron chi connectivity index (χ2n) is 6.95.